The molecule has 0 aromatic heterocycles. The molecule has 4 aliphatic rings. The third-order valence-electron chi connectivity index (χ3n) is 11.2. The second-order valence-electron chi connectivity index (χ2n) is 13.3. The molecule has 9 atom stereocenters. The molecule has 1 N–H and O–H groups in total. The molecule has 1 amide bonds. The number of nitrogens with one attached hydrogen (secondary N) is 1. The zero-order valence-corrected chi connectivity index (χ0v) is 21.5. The van der Waals surface area contributed by atoms with Gasteiger partial charge in [-0.05, 0) is 97.2 Å². The summed E-state index contributed by atoms with van der Waals surface area (Å²) in [4.78, 5) is 12.1. The molecule has 2 nitrogen and oxygen atoms in total. The smallest absolute Gasteiger partial charge is 0.217 e. The Bertz CT molecular complexity index is 643. The molecule has 2 heteroatoms. The van der Waals surface area contributed by atoms with E-state index in [0.29, 0.717) is 22.8 Å². The van der Waals surface area contributed by atoms with Crippen LogP contribution in [0.4, 0.5) is 0 Å². The van der Waals surface area contributed by atoms with Crippen LogP contribution < -0.4 is 5.32 Å². The molecule has 31 heavy (non-hydrogen) atoms. The molecule has 0 aliphatic heterocycles. The van der Waals surface area contributed by atoms with E-state index in [0.717, 1.165) is 35.5 Å². The van der Waals surface area contributed by atoms with Crippen LogP contribution in [0.5, 0.6) is 0 Å². The highest BCUT2D eigenvalue weighted by Gasteiger charge is 2.61. The first-order valence-electron chi connectivity index (χ1n) is 13.9. The normalized spacial score (nSPS) is 45.5. The van der Waals surface area contributed by atoms with E-state index in [1.165, 1.54) is 77.0 Å². The zero-order valence-electron chi connectivity index (χ0n) is 21.5. The van der Waals surface area contributed by atoms with Crippen molar-refractivity contribution in [2.45, 2.75) is 125 Å². The number of amides is 1. The van der Waals surface area contributed by atoms with Crippen molar-refractivity contribution < 1.29 is 4.79 Å². The predicted octanol–water partition coefficient (Wildman–Crippen LogP) is 7.61. The van der Waals surface area contributed by atoms with Gasteiger partial charge >= 0.3 is 0 Å². The molecule has 0 heterocycles. The van der Waals surface area contributed by atoms with Crippen LogP contribution in [0.1, 0.15) is 119 Å². The summed E-state index contributed by atoms with van der Waals surface area (Å²) < 4.78 is 0. The topological polar surface area (TPSA) is 29.1 Å². The van der Waals surface area contributed by atoms with Crippen LogP contribution in [-0.2, 0) is 4.79 Å². The van der Waals surface area contributed by atoms with Gasteiger partial charge in [-0.1, -0.05) is 66.7 Å². The first kappa shape index (κ1) is 23.6. The highest BCUT2D eigenvalue weighted by molar-refractivity contribution is 5.73. The minimum atomic E-state index is 0.193. The summed E-state index contributed by atoms with van der Waals surface area (Å²) >= 11 is 0. The SMILES string of the molecule is CC(=O)N[C@H]1C[C@@H]2[C@H](CC[C@]3(C)[C@@H]([C@H](C)CCCC(C)C)CC[C@@H]23)[C@@]2(C)CCCC[C@@H]12. The molecule has 4 fully saturated rings. The summed E-state index contributed by atoms with van der Waals surface area (Å²) in [6.45, 7) is 14.4. The number of hydrogen-bond donors (Lipinski definition) is 1. The first-order chi connectivity index (χ1) is 14.7. The van der Waals surface area contributed by atoms with E-state index >= 15 is 0 Å². The molecular weight excluding hydrogens is 378 g/mol. The number of carbonyl (C=O) groups excluding carboxylic acids is 1. The van der Waals surface area contributed by atoms with E-state index in [9.17, 15) is 4.79 Å². The number of hydrogen-bond acceptors (Lipinski definition) is 1. The van der Waals surface area contributed by atoms with Crippen LogP contribution in [-0.4, -0.2) is 11.9 Å². The summed E-state index contributed by atoms with van der Waals surface area (Å²) in [7, 11) is 0. The number of carbonyl (C=O) groups is 1. The predicted molar refractivity (Wildman–Crippen MR) is 131 cm³/mol. The van der Waals surface area contributed by atoms with Crippen molar-refractivity contribution in [3.8, 4) is 0 Å². The highest BCUT2D eigenvalue weighted by atomic mass is 16.1. The quantitative estimate of drug-likeness (QED) is 0.462. The van der Waals surface area contributed by atoms with Gasteiger partial charge in [-0.2, -0.15) is 0 Å². The maximum absolute atomic E-state index is 12.1. The largest absolute Gasteiger partial charge is 0.353 e. The molecule has 0 aromatic rings. The fourth-order valence-electron chi connectivity index (χ4n) is 9.84. The second kappa shape index (κ2) is 9.02. The monoisotopic (exact) mass is 429 g/mol. The molecule has 4 saturated carbocycles. The third kappa shape index (κ3) is 4.23. The Morgan fingerprint density at radius 2 is 1.65 bits per heavy atom. The fraction of sp³-hybridized carbons (Fsp3) is 0.966. The minimum absolute atomic E-state index is 0.193. The highest BCUT2D eigenvalue weighted by Crippen LogP contribution is 2.68. The van der Waals surface area contributed by atoms with Crippen molar-refractivity contribution >= 4 is 5.91 Å². The van der Waals surface area contributed by atoms with Crippen molar-refractivity contribution in [1.82, 2.24) is 5.32 Å². The summed E-state index contributed by atoms with van der Waals surface area (Å²) in [6.07, 6.45) is 16.8. The van der Waals surface area contributed by atoms with Crippen LogP contribution in [0.2, 0.25) is 0 Å². The number of rotatable bonds is 6. The van der Waals surface area contributed by atoms with Crippen LogP contribution in [0, 0.1) is 52.3 Å². The van der Waals surface area contributed by atoms with Gasteiger partial charge in [-0.15, -0.1) is 0 Å². The molecule has 0 aromatic carbocycles. The Morgan fingerprint density at radius 1 is 0.903 bits per heavy atom. The lowest BCUT2D eigenvalue weighted by atomic mass is 9.43. The van der Waals surface area contributed by atoms with Gasteiger partial charge in [0.05, 0.1) is 0 Å². The molecule has 4 aliphatic carbocycles. The van der Waals surface area contributed by atoms with E-state index in [1.54, 1.807) is 6.92 Å². The van der Waals surface area contributed by atoms with Crippen LogP contribution in [0.3, 0.4) is 0 Å². The van der Waals surface area contributed by atoms with Crippen molar-refractivity contribution in [2.24, 2.45) is 52.3 Å². The Labute approximate surface area is 193 Å². The molecule has 0 radical (unpaired) electrons. The van der Waals surface area contributed by atoms with Crippen molar-refractivity contribution in [2.75, 3.05) is 0 Å². The van der Waals surface area contributed by atoms with Gasteiger partial charge in [-0.25, -0.2) is 0 Å². The Hall–Kier alpha value is -0.530. The van der Waals surface area contributed by atoms with Crippen LogP contribution in [0.25, 0.3) is 0 Å². The van der Waals surface area contributed by atoms with Gasteiger partial charge in [0, 0.05) is 13.0 Å². The van der Waals surface area contributed by atoms with Gasteiger partial charge < -0.3 is 5.32 Å². The van der Waals surface area contributed by atoms with E-state index in [4.69, 9.17) is 0 Å². The van der Waals surface area contributed by atoms with E-state index in [-0.39, 0.29) is 5.91 Å². The molecule has 0 bridgehead atoms. The summed E-state index contributed by atoms with van der Waals surface area (Å²) in [5, 5.41) is 3.47. The van der Waals surface area contributed by atoms with Gasteiger partial charge in [0.15, 0.2) is 0 Å². The van der Waals surface area contributed by atoms with Gasteiger partial charge in [0.1, 0.15) is 0 Å². The number of fused-ring (bicyclic) bond motifs is 5. The molecule has 0 saturated heterocycles. The lowest BCUT2D eigenvalue weighted by molar-refractivity contribution is -0.136. The van der Waals surface area contributed by atoms with Crippen LogP contribution >= 0.6 is 0 Å². The first-order valence-corrected chi connectivity index (χ1v) is 13.9. The molecule has 0 unspecified atom stereocenters. The Balaban J connectivity index is 1.54. The molecule has 0 spiro atoms. The maximum Gasteiger partial charge on any atom is 0.217 e. The lowest BCUT2D eigenvalue weighted by Crippen LogP contribution is -2.60. The third-order valence-corrected chi connectivity index (χ3v) is 11.2. The van der Waals surface area contributed by atoms with Crippen molar-refractivity contribution in [3.05, 3.63) is 0 Å². The Kier molecular flexibility index (Phi) is 6.87. The average Bonchev–Trinajstić information content (AvgIpc) is 3.04. The average molecular weight is 430 g/mol. The van der Waals surface area contributed by atoms with E-state index < -0.39 is 0 Å². The van der Waals surface area contributed by atoms with E-state index in [2.05, 4.69) is 39.9 Å². The fourth-order valence-corrected chi connectivity index (χ4v) is 9.84. The molecular formula is C29H51NO. The molecule has 4 rings (SSSR count). The maximum atomic E-state index is 12.1. The lowest BCUT2D eigenvalue weighted by Gasteiger charge is -2.62. The van der Waals surface area contributed by atoms with E-state index in [1.807, 2.05) is 0 Å². The Morgan fingerprint density at radius 3 is 2.35 bits per heavy atom. The zero-order chi connectivity index (χ0) is 22.4. The van der Waals surface area contributed by atoms with Crippen LogP contribution in [0.15, 0.2) is 0 Å². The summed E-state index contributed by atoms with van der Waals surface area (Å²) in [5.74, 6) is 6.16. The minimum Gasteiger partial charge on any atom is -0.353 e. The standard InChI is InChI=1S/C29H51NO/c1-19(2)10-9-11-20(3)23-13-14-24-22-18-27(30-21(4)31)26-12-7-8-16-28(26,5)25(22)15-17-29(23,24)6/h19-20,22-27H,7-18H2,1-6H3,(H,30,31)/t20-,22+,23-,24+,25+,26+,27+,28-,29-/m1/s1. The summed E-state index contributed by atoms with van der Waals surface area (Å²) in [5.41, 5.74) is 0.994. The molecule has 178 valence electrons. The van der Waals surface area contributed by atoms with Gasteiger partial charge in [0.2, 0.25) is 5.91 Å². The van der Waals surface area contributed by atoms with Gasteiger partial charge in [-0.3, -0.25) is 4.79 Å². The second-order valence-corrected chi connectivity index (χ2v) is 13.3. The van der Waals surface area contributed by atoms with Crippen molar-refractivity contribution in [3.63, 3.8) is 0 Å². The van der Waals surface area contributed by atoms with Crippen molar-refractivity contribution in [1.29, 1.82) is 0 Å². The van der Waals surface area contributed by atoms with Gasteiger partial charge in [0.25, 0.3) is 0 Å². The summed E-state index contributed by atoms with van der Waals surface area (Å²) in [6, 6.07) is 0.425.